The van der Waals surface area contributed by atoms with E-state index in [0.717, 1.165) is 5.92 Å². The van der Waals surface area contributed by atoms with E-state index < -0.39 is 0 Å². The lowest BCUT2D eigenvalue weighted by Gasteiger charge is -2.49. The lowest BCUT2D eigenvalue weighted by atomic mass is 9.54. The molecule has 0 aliphatic heterocycles. The van der Waals surface area contributed by atoms with Crippen molar-refractivity contribution in [3.63, 3.8) is 0 Å². The Hall–Kier alpha value is -0.850. The molecule has 1 fully saturated rings. The second-order valence-corrected chi connectivity index (χ2v) is 6.59. The predicted octanol–water partition coefficient (Wildman–Crippen LogP) is 4.40. The minimum atomic E-state index is -0.198. The molecule has 0 heterocycles. The van der Waals surface area contributed by atoms with Crippen LogP contribution in [-0.4, -0.2) is 6.29 Å². The van der Waals surface area contributed by atoms with Crippen molar-refractivity contribution >= 4 is 6.29 Å². The maximum atomic E-state index is 11.8. The molecule has 2 aliphatic rings. The minimum Gasteiger partial charge on any atom is -0.303 e. The van der Waals surface area contributed by atoms with Crippen LogP contribution in [0.1, 0.15) is 47.0 Å². The zero-order valence-corrected chi connectivity index (χ0v) is 12.1. The molecule has 100 valence electrons. The third-order valence-electron chi connectivity index (χ3n) is 5.24. The van der Waals surface area contributed by atoms with Gasteiger partial charge in [-0.1, -0.05) is 44.1 Å². The molecule has 2 aliphatic carbocycles. The van der Waals surface area contributed by atoms with Crippen molar-refractivity contribution in [3.8, 4) is 0 Å². The molecule has 0 N–H and O–H groups in total. The fraction of sp³-hybridized carbons (Fsp3) is 0.706. The van der Waals surface area contributed by atoms with Crippen molar-refractivity contribution < 1.29 is 4.79 Å². The van der Waals surface area contributed by atoms with E-state index in [2.05, 4.69) is 39.0 Å². The molecule has 0 aromatic rings. The normalized spacial score (nSPS) is 44.6. The molecular formula is C17H26O. The van der Waals surface area contributed by atoms with E-state index in [1.807, 2.05) is 6.92 Å². The first-order valence-electron chi connectivity index (χ1n) is 7.30. The van der Waals surface area contributed by atoms with E-state index in [9.17, 15) is 4.79 Å². The van der Waals surface area contributed by atoms with Gasteiger partial charge in [0.05, 0.1) is 0 Å². The molecular weight excluding hydrogens is 220 g/mol. The quantitative estimate of drug-likeness (QED) is 0.521. The van der Waals surface area contributed by atoms with Crippen LogP contribution in [0.25, 0.3) is 0 Å². The van der Waals surface area contributed by atoms with Crippen LogP contribution >= 0.6 is 0 Å². The Balaban J connectivity index is 2.41. The summed E-state index contributed by atoms with van der Waals surface area (Å²) in [6.45, 7) is 8.76. The third-order valence-corrected chi connectivity index (χ3v) is 5.24. The summed E-state index contributed by atoms with van der Waals surface area (Å²) in [4.78, 5) is 11.8. The van der Waals surface area contributed by atoms with Crippen LogP contribution in [0.15, 0.2) is 23.8 Å². The average molecular weight is 246 g/mol. The van der Waals surface area contributed by atoms with Gasteiger partial charge in [-0.2, -0.15) is 0 Å². The van der Waals surface area contributed by atoms with E-state index in [-0.39, 0.29) is 5.41 Å². The largest absolute Gasteiger partial charge is 0.303 e. The number of fused-ring (bicyclic) bond motifs is 1. The highest BCUT2D eigenvalue weighted by Gasteiger charge is 2.48. The Morgan fingerprint density at radius 1 is 1.39 bits per heavy atom. The Morgan fingerprint density at radius 2 is 2.11 bits per heavy atom. The number of hydrogen-bond donors (Lipinski definition) is 0. The Kier molecular flexibility index (Phi) is 3.79. The number of carbonyl (C=O) groups excluding carboxylic acids is 1. The van der Waals surface area contributed by atoms with E-state index >= 15 is 0 Å². The molecule has 0 bridgehead atoms. The maximum Gasteiger partial charge on any atom is 0.127 e. The first-order chi connectivity index (χ1) is 8.52. The summed E-state index contributed by atoms with van der Waals surface area (Å²) in [5.41, 5.74) is 1.19. The van der Waals surface area contributed by atoms with Crippen LogP contribution in [0, 0.1) is 29.1 Å². The number of allylic oxidation sites excluding steroid dienone is 4. The van der Waals surface area contributed by atoms with Crippen molar-refractivity contribution in [1.29, 1.82) is 0 Å². The van der Waals surface area contributed by atoms with Gasteiger partial charge >= 0.3 is 0 Å². The highest BCUT2D eigenvalue weighted by Crippen LogP contribution is 2.53. The van der Waals surface area contributed by atoms with E-state index in [4.69, 9.17) is 0 Å². The highest BCUT2D eigenvalue weighted by molar-refractivity contribution is 5.63. The molecule has 0 aromatic carbocycles. The monoisotopic (exact) mass is 246 g/mol. The second-order valence-electron chi connectivity index (χ2n) is 6.59. The van der Waals surface area contributed by atoms with Crippen molar-refractivity contribution in [2.45, 2.75) is 47.0 Å². The van der Waals surface area contributed by atoms with Gasteiger partial charge in [0.15, 0.2) is 0 Å². The minimum absolute atomic E-state index is 0.198. The smallest absolute Gasteiger partial charge is 0.127 e. The molecule has 1 saturated carbocycles. The molecule has 18 heavy (non-hydrogen) atoms. The van der Waals surface area contributed by atoms with Crippen molar-refractivity contribution in [2.24, 2.45) is 29.1 Å². The number of hydrogen-bond acceptors (Lipinski definition) is 1. The molecule has 0 aromatic heterocycles. The number of aldehydes is 1. The summed E-state index contributed by atoms with van der Waals surface area (Å²) in [6.07, 6.45) is 11.7. The average Bonchev–Trinajstić information content (AvgIpc) is 2.34. The van der Waals surface area contributed by atoms with Gasteiger partial charge < -0.3 is 4.79 Å². The first kappa shape index (κ1) is 13.6. The van der Waals surface area contributed by atoms with Crippen molar-refractivity contribution in [2.75, 3.05) is 0 Å². The lowest BCUT2D eigenvalue weighted by Crippen LogP contribution is -2.45. The fourth-order valence-electron chi connectivity index (χ4n) is 4.26. The summed E-state index contributed by atoms with van der Waals surface area (Å²) < 4.78 is 0. The molecule has 1 nitrogen and oxygen atoms in total. The standard InChI is InChI=1S/C17H26O/c1-5-6-15-13(3)10-14-9-12(2)7-8-16(14)17(15,4)11-18/h5-6,10-12,14-16H,7-9H2,1-4H3/b6-5+/t12-,14+,15-,16-,17-/m1/s1. The van der Waals surface area contributed by atoms with Gasteiger partial charge in [0.1, 0.15) is 6.29 Å². The third kappa shape index (κ3) is 2.08. The molecule has 5 atom stereocenters. The van der Waals surface area contributed by atoms with Crippen molar-refractivity contribution in [1.82, 2.24) is 0 Å². The molecule has 2 rings (SSSR count). The zero-order chi connectivity index (χ0) is 13.3. The first-order valence-corrected chi connectivity index (χ1v) is 7.30. The zero-order valence-electron chi connectivity index (χ0n) is 12.1. The summed E-state index contributed by atoms with van der Waals surface area (Å²) in [6, 6.07) is 0. The van der Waals surface area contributed by atoms with Gasteiger partial charge in [0.2, 0.25) is 0 Å². The maximum absolute atomic E-state index is 11.8. The van der Waals surface area contributed by atoms with Crippen molar-refractivity contribution in [3.05, 3.63) is 23.8 Å². The highest BCUT2D eigenvalue weighted by atomic mass is 16.1. The fourth-order valence-corrected chi connectivity index (χ4v) is 4.26. The number of carbonyl (C=O) groups is 1. The van der Waals surface area contributed by atoms with E-state index in [1.165, 1.54) is 31.1 Å². The van der Waals surface area contributed by atoms with Crippen LogP contribution in [0.4, 0.5) is 0 Å². The van der Waals surface area contributed by atoms with Crippen LogP contribution in [0.2, 0.25) is 0 Å². The number of rotatable bonds is 2. The lowest BCUT2D eigenvalue weighted by molar-refractivity contribution is -0.122. The summed E-state index contributed by atoms with van der Waals surface area (Å²) >= 11 is 0. The van der Waals surface area contributed by atoms with Crippen LogP contribution in [0.3, 0.4) is 0 Å². The molecule has 0 saturated heterocycles. The molecule has 0 radical (unpaired) electrons. The molecule has 0 amide bonds. The topological polar surface area (TPSA) is 17.1 Å². The SMILES string of the molecule is C/C=C/[C@@H]1C(C)=C[C@@H]2C[C@H](C)CC[C@H]2[C@]1(C)C=O. The van der Waals surface area contributed by atoms with Crippen LogP contribution in [0.5, 0.6) is 0 Å². The van der Waals surface area contributed by atoms with Gasteiger partial charge in [0, 0.05) is 11.3 Å². The van der Waals surface area contributed by atoms with Crippen LogP contribution < -0.4 is 0 Å². The second kappa shape index (κ2) is 5.03. The van der Waals surface area contributed by atoms with Crippen LogP contribution in [-0.2, 0) is 4.79 Å². The molecule has 1 heteroatoms. The molecule has 0 spiro atoms. The van der Waals surface area contributed by atoms with E-state index in [0.29, 0.717) is 17.8 Å². The summed E-state index contributed by atoms with van der Waals surface area (Å²) in [7, 11) is 0. The van der Waals surface area contributed by atoms with Gasteiger partial charge in [-0.15, -0.1) is 0 Å². The van der Waals surface area contributed by atoms with Gasteiger partial charge in [-0.3, -0.25) is 0 Å². The Morgan fingerprint density at radius 3 is 2.72 bits per heavy atom. The van der Waals surface area contributed by atoms with Gasteiger partial charge in [-0.05, 0) is 44.4 Å². The summed E-state index contributed by atoms with van der Waals surface area (Å²) in [5, 5.41) is 0. The Bertz CT molecular complexity index is 379. The van der Waals surface area contributed by atoms with Gasteiger partial charge in [0.25, 0.3) is 0 Å². The van der Waals surface area contributed by atoms with E-state index in [1.54, 1.807) is 0 Å². The molecule has 0 unspecified atom stereocenters. The Labute approximate surface area is 111 Å². The summed E-state index contributed by atoms with van der Waals surface area (Å²) in [5.74, 6) is 2.26. The predicted molar refractivity (Wildman–Crippen MR) is 76.2 cm³/mol. The van der Waals surface area contributed by atoms with Gasteiger partial charge in [-0.25, -0.2) is 0 Å².